The first-order valence-corrected chi connectivity index (χ1v) is 7.85. The van der Waals surface area contributed by atoms with Gasteiger partial charge in [0, 0.05) is 25.6 Å². The van der Waals surface area contributed by atoms with Crippen molar-refractivity contribution < 1.29 is 9.21 Å². The first kappa shape index (κ1) is 15.7. The summed E-state index contributed by atoms with van der Waals surface area (Å²) < 4.78 is 7.54. The molecular formula is C15H22N6O2. The van der Waals surface area contributed by atoms with Gasteiger partial charge in [0.05, 0.1) is 24.1 Å². The molecule has 8 nitrogen and oxygen atoms in total. The maximum absolute atomic E-state index is 11.4. The summed E-state index contributed by atoms with van der Waals surface area (Å²) in [5.41, 5.74) is 1.74. The van der Waals surface area contributed by atoms with Crippen LogP contribution in [0.5, 0.6) is 0 Å². The molecule has 1 aliphatic heterocycles. The molecule has 0 saturated carbocycles. The highest BCUT2D eigenvalue weighted by Gasteiger charge is 2.18. The van der Waals surface area contributed by atoms with Crippen molar-refractivity contribution in [1.82, 2.24) is 30.2 Å². The van der Waals surface area contributed by atoms with Gasteiger partial charge in [-0.25, -0.2) is 9.67 Å². The first-order valence-electron chi connectivity index (χ1n) is 7.85. The second-order valence-corrected chi connectivity index (χ2v) is 6.18. The van der Waals surface area contributed by atoms with Crippen LogP contribution in [0, 0.1) is 6.92 Å². The molecule has 1 fully saturated rings. The molecule has 0 aromatic carbocycles. The maximum atomic E-state index is 11.4. The fraction of sp³-hybridized carbons (Fsp3) is 0.600. The van der Waals surface area contributed by atoms with Crippen molar-refractivity contribution in [2.45, 2.75) is 39.8 Å². The van der Waals surface area contributed by atoms with E-state index in [1.54, 1.807) is 4.68 Å². The van der Waals surface area contributed by atoms with Crippen molar-refractivity contribution in [3.05, 3.63) is 29.2 Å². The summed E-state index contributed by atoms with van der Waals surface area (Å²) in [6, 6.07) is 0. The van der Waals surface area contributed by atoms with Crippen molar-refractivity contribution in [1.29, 1.82) is 0 Å². The number of aromatic nitrogens is 4. The number of nitrogens with zero attached hydrogens (tertiary/aromatic N) is 5. The molecule has 2 aromatic heterocycles. The Kier molecular flexibility index (Phi) is 4.42. The summed E-state index contributed by atoms with van der Waals surface area (Å²) in [6.07, 6.45) is 1.89. The average molecular weight is 318 g/mol. The molecule has 1 N–H and O–H groups in total. The van der Waals surface area contributed by atoms with Gasteiger partial charge in [0.2, 0.25) is 5.91 Å². The van der Waals surface area contributed by atoms with Gasteiger partial charge in [0.25, 0.3) is 0 Å². The molecule has 124 valence electrons. The van der Waals surface area contributed by atoms with E-state index in [0.29, 0.717) is 26.2 Å². The predicted molar refractivity (Wildman–Crippen MR) is 82.7 cm³/mol. The van der Waals surface area contributed by atoms with E-state index in [-0.39, 0.29) is 11.8 Å². The van der Waals surface area contributed by atoms with E-state index in [2.05, 4.69) is 39.4 Å². The third kappa shape index (κ3) is 3.76. The number of carbonyl (C=O) groups excluding carboxylic acids is 1. The topological polar surface area (TPSA) is 89.1 Å². The lowest BCUT2D eigenvalue weighted by atomic mass is 10.2. The van der Waals surface area contributed by atoms with E-state index in [0.717, 1.165) is 29.6 Å². The van der Waals surface area contributed by atoms with Crippen molar-refractivity contribution >= 4 is 5.91 Å². The largest absolute Gasteiger partial charge is 0.443 e. The molecule has 0 radical (unpaired) electrons. The van der Waals surface area contributed by atoms with Gasteiger partial charge in [0.15, 0.2) is 5.89 Å². The van der Waals surface area contributed by atoms with E-state index in [4.69, 9.17) is 4.42 Å². The van der Waals surface area contributed by atoms with Crippen LogP contribution in [0.3, 0.4) is 0 Å². The summed E-state index contributed by atoms with van der Waals surface area (Å²) in [4.78, 5) is 17.9. The number of piperazine rings is 1. The molecule has 0 atom stereocenters. The van der Waals surface area contributed by atoms with E-state index in [1.807, 2.05) is 13.1 Å². The third-order valence-electron chi connectivity index (χ3n) is 3.80. The van der Waals surface area contributed by atoms with Crippen LogP contribution in [0.15, 0.2) is 10.6 Å². The normalized spacial score (nSPS) is 16.1. The molecule has 1 saturated heterocycles. The van der Waals surface area contributed by atoms with Gasteiger partial charge in [0.1, 0.15) is 12.3 Å². The van der Waals surface area contributed by atoms with Crippen molar-refractivity contribution in [2.75, 3.05) is 19.6 Å². The SMILES string of the molecule is Cc1nc(C(C)C)oc1Cn1cc(CN2CCNC(=O)C2)nn1. The second-order valence-electron chi connectivity index (χ2n) is 6.18. The van der Waals surface area contributed by atoms with Gasteiger partial charge >= 0.3 is 0 Å². The number of oxazole rings is 1. The zero-order valence-corrected chi connectivity index (χ0v) is 13.7. The molecule has 0 aliphatic carbocycles. The Bertz CT molecular complexity index is 690. The molecular weight excluding hydrogens is 296 g/mol. The number of aryl methyl sites for hydroxylation is 1. The number of carbonyl (C=O) groups is 1. The minimum Gasteiger partial charge on any atom is -0.443 e. The summed E-state index contributed by atoms with van der Waals surface area (Å²) >= 11 is 0. The van der Waals surface area contributed by atoms with Crippen LogP contribution in [0.1, 0.15) is 42.8 Å². The van der Waals surface area contributed by atoms with E-state index >= 15 is 0 Å². The standard InChI is InChI=1S/C15H22N6O2/c1-10(2)15-17-11(3)13(23-15)8-21-7-12(18-19-21)6-20-5-4-16-14(22)9-20/h7,10H,4-6,8-9H2,1-3H3,(H,16,22). The van der Waals surface area contributed by atoms with Crippen LogP contribution in [-0.2, 0) is 17.9 Å². The summed E-state index contributed by atoms with van der Waals surface area (Å²) in [7, 11) is 0. The minimum atomic E-state index is 0.0575. The third-order valence-corrected chi connectivity index (χ3v) is 3.80. The van der Waals surface area contributed by atoms with Crippen LogP contribution in [0.25, 0.3) is 0 Å². The Hall–Kier alpha value is -2.22. The molecule has 1 amide bonds. The monoisotopic (exact) mass is 318 g/mol. The van der Waals surface area contributed by atoms with Gasteiger partial charge < -0.3 is 9.73 Å². The van der Waals surface area contributed by atoms with Crippen LogP contribution in [-0.4, -0.2) is 50.4 Å². The van der Waals surface area contributed by atoms with Gasteiger partial charge in [-0.3, -0.25) is 9.69 Å². The zero-order valence-electron chi connectivity index (χ0n) is 13.7. The molecule has 2 aromatic rings. The molecule has 0 unspecified atom stereocenters. The highest BCUT2D eigenvalue weighted by atomic mass is 16.4. The summed E-state index contributed by atoms with van der Waals surface area (Å²) in [6.45, 7) is 9.11. The minimum absolute atomic E-state index is 0.0575. The average Bonchev–Trinajstić information content (AvgIpc) is 3.07. The van der Waals surface area contributed by atoms with Gasteiger partial charge in [-0.1, -0.05) is 19.1 Å². The number of hydrogen-bond donors (Lipinski definition) is 1. The number of amides is 1. The quantitative estimate of drug-likeness (QED) is 0.872. The Morgan fingerprint density at radius 1 is 1.39 bits per heavy atom. The van der Waals surface area contributed by atoms with Crippen LogP contribution >= 0.6 is 0 Å². The molecule has 1 aliphatic rings. The first-order chi connectivity index (χ1) is 11.0. The van der Waals surface area contributed by atoms with E-state index in [9.17, 15) is 4.79 Å². The molecule has 3 rings (SSSR count). The van der Waals surface area contributed by atoms with Gasteiger partial charge in [-0.2, -0.15) is 0 Å². The Labute approximate surface area is 134 Å². The van der Waals surface area contributed by atoms with Crippen molar-refractivity contribution in [2.24, 2.45) is 0 Å². The fourth-order valence-corrected chi connectivity index (χ4v) is 2.54. The van der Waals surface area contributed by atoms with Gasteiger partial charge in [-0.15, -0.1) is 5.10 Å². The lowest BCUT2D eigenvalue weighted by Crippen LogP contribution is -2.47. The second kappa shape index (κ2) is 6.49. The Balaban J connectivity index is 1.64. The number of nitrogens with one attached hydrogen (secondary N) is 1. The van der Waals surface area contributed by atoms with Crippen LogP contribution < -0.4 is 5.32 Å². The van der Waals surface area contributed by atoms with Crippen molar-refractivity contribution in [3.8, 4) is 0 Å². The molecule has 0 bridgehead atoms. The number of hydrogen-bond acceptors (Lipinski definition) is 6. The zero-order chi connectivity index (χ0) is 16.4. The van der Waals surface area contributed by atoms with Gasteiger partial charge in [-0.05, 0) is 6.92 Å². The van der Waals surface area contributed by atoms with Crippen molar-refractivity contribution in [3.63, 3.8) is 0 Å². The number of rotatable bonds is 5. The predicted octanol–water partition coefficient (Wildman–Crippen LogP) is 0.678. The highest BCUT2D eigenvalue weighted by Crippen LogP contribution is 2.18. The van der Waals surface area contributed by atoms with Crippen LogP contribution in [0.4, 0.5) is 0 Å². The molecule has 8 heteroatoms. The molecule has 0 spiro atoms. The Morgan fingerprint density at radius 2 is 2.22 bits per heavy atom. The fourth-order valence-electron chi connectivity index (χ4n) is 2.54. The lowest BCUT2D eigenvalue weighted by molar-refractivity contribution is -0.124. The lowest BCUT2D eigenvalue weighted by Gasteiger charge is -2.25. The van der Waals surface area contributed by atoms with Crippen LogP contribution in [0.2, 0.25) is 0 Å². The molecule has 23 heavy (non-hydrogen) atoms. The van der Waals surface area contributed by atoms with E-state index < -0.39 is 0 Å². The smallest absolute Gasteiger partial charge is 0.234 e. The highest BCUT2D eigenvalue weighted by molar-refractivity contribution is 5.78. The summed E-state index contributed by atoms with van der Waals surface area (Å²) in [5.74, 6) is 1.88. The Morgan fingerprint density at radius 3 is 2.91 bits per heavy atom. The maximum Gasteiger partial charge on any atom is 0.234 e. The molecule has 3 heterocycles. The van der Waals surface area contributed by atoms with E-state index in [1.165, 1.54) is 0 Å². The summed E-state index contributed by atoms with van der Waals surface area (Å²) in [5, 5.41) is 11.1.